The predicted octanol–water partition coefficient (Wildman–Crippen LogP) is 1.80. The molecule has 0 spiro atoms. The van der Waals surface area contributed by atoms with E-state index in [9.17, 15) is 0 Å². The number of benzene rings is 2. The molecule has 0 aromatic heterocycles. The zero-order valence-electron chi connectivity index (χ0n) is 9.72. The van der Waals surface area contributed by atoms with Crippen molar-refractivity contribution in [2.24, 2.45) is 0 Å². The van der Waals surface area contributed by atoms with Crippen LogP contribution in [0.4, 0.5) is 0 Å². The van der Waals surface area contributed by atoms with Crippen LogP contribution >= 0.6 is 0 Å². The van der Waals surface area contributed by atoms with Crippen LogP contribution in [-0.2, 0) is 6.61 Å². The molecule has 0 N–H and O–H groups in total. The maximum atomic E-state index is 5.69. The molecule has 0 heterocycles. The van der Waals surface area contributed by atoms with Gasteiger partial charge in [-0.1, -0.05) is 0 Å². The fraction of sp³-hybridized carbons (Fsp3) is 0.143. The first-order chi connectivity index (χ1) is 8.28. The fourth-order valence-corrected chi connectivity index (χ4v) is 2.00. The van der Waals surface area contributed by atoms with Gasteiger partial charge in [0.25, 0.3) is 0 Å². The quantitative estimate of drug-likeness (QED) is 0.795. The minimum absolute atomic E-state index is 0.604. The Hall–Kier alpha value is -1.16. The van der Waals surface area contributed by atoms with Crippen LogP contribution in [0, 0.1) is 0 Å². The molecule has 2 aromatic carbocycles. The number of hydrogen-bond acceptors (Lipinski definition) is 2. The summed E-state index contributed by atoms with van der Waals surface area (Å²) in [4.78, 5) is 0. The van der Waals surface area contributed by atoms with Gasteiger partial charge >= 0.3 is 115 Å². The van der Waals surface area contributed by atoms with Gasteiger partial charge in [-0.3, -0.25) is 0 Å². The molecule has 2 radical (unpaired) electrons. The monoisotopic (exact) mass is 334 g/mol. The summed E-state index contributed by atoms with van der Waals surface area (Å²) in [5, 5.41) is 0. The van der Waals surface area contributed by atoms with E-state index in [1.807, 2.05) is 24.3 Å². The van der Waals surface area contributed by atoms with Gasteiger partial charge in [0.1, 0.15) is 0 Å². The Morgan fingerprint density at radius 1 is 0.882 bits per heavy atom. The van der Waals surface area contributed by atoms with E-state index in [0.717, 1.165) is 34.0 Å². The van der Waals surface area contributed by atoms with Gasteiger partial charge in [-0.2, -0.15) is 0 Å². The average Bonchev–Trinajstić information content (AvgIpc) is 2.39. The SMILES string of the molecule is COc1ccc(OCc2cc[c]([SnH])cc2)cc1. The van der Waals surface area contributed by atoms with E-state index < -0.39 is 0 Å². The zero-order chi connectivity index (χ0) is 12.1. The molecule has 0 fully saturated rings. The summed E-state index contributed by atoms with van der Waals surface area (Å²) in [5.74, 6) is 1.71. The van der Waals surface area contributed by atoms with E-state index in [0.29, 0.717) is 6.61 Å². The minimum atomic E-state index is 0.604. The summed E-state index contributed by atoms with van der Waals surface area (Å²) < 4.78 is 12.2. The molecule has 0 amide bonds. The second-order valence-electron chi connectivity index (χ2n) is 3.71. The predicted molar refractivity (Wildman–Crippen MR) is 70.6 cm³/mol. The Kier molecular flexibility index (Phi) is 4.31. The van der Waals surface area contributed by atoms with Crippen molar-refractivity contribution in [2.45, 2.75) is 6.61 Å². The van der Waals surface area contributed by atoms with Gasteiger partial charge in [-0.05, 0) is 0 Å². The van der Waals surface area contributed by atoms with E-state index in [1.165, 1.54) is 9.14 Å². The zero-order valence-corrected chi connectivity index (χ0v) is 13.0. The normalized spacial score (nSPS) is 10.0. The molecular formula is C14H14O2Sn. The summed E-state index contributed by atoms with van der Waals surface area (Å²) in [6.07, 6.45) is 0. The average molecular weight is 333 g/mol. The van der Waals surface area contributed by atoms with Crippen molar-refractivity contribution in [3.05, 3.63) is 54.1 Å². The van der Waals surface area contributed by atoms with E-state index >= 15 is 0 Å². The third-order valence-corrected chi connectivity index (χ3v) is 3.54. The standard InChI is InChI=1S/C14H13O2.Sn.H/c1-15-13-7-9-14(10-8-13)16-11-12-5-3-2-4-6-12;;/h3-10H,11H2,1H3;;. The van der Waals surface area contributed by atoms with Gasteiger partial charge in [0, 0.05) is 0 Å². The molecule has 2 rings (SSSR count). The number of methoxy groups -OCH3 is 1. The summed E-state index contributed by atoms with van der Waals surface area (Å²) in [5.41, 5.74) is 1.19. The van der Waals surface area contributed by atoms with Crippen LogP contribution in [0.2, 0.25) is 0 Å². The van der Waals surface area contributed by atoms with Crippen molar-refractivity contribution in [3.8, 4) is 11.5 Å². The summed E-state index contributed by atoms with van der Waals surface area (Å²) in [7, 11) is 1.66. The van der Waals surface area contributed by atoms with Gasteiger partial charge in [0.15, 0.2) is 0 Å². The third kappa shape index (κ3) is 3.66. The van der Waals surface area contributed by atoms with Crippen molar-refractivity contribution >= 4 is 26.1 Å². The van der Waals surface area contributed by atoms with Crippen LogP contribution in [0.1, 0.15) is 5.56 Å². The van der Waals surface area contributed by atoms with E-state index in [4.69, 9.17) is 9.47 Å². The Bertz CT molecular complexity index is 463. The molecule has 0 atom stereocenters. The molecule has 0 saturated carbocycles. The topological polar surface area (TPSA) is 18.5 Å². The first kappa shape index (κ1) is 12.3. The van der Waals surface area contributed by atoms with Crippen molar-refractivity contribution in [3.63, 3.8) is 0 Å². The van der Waals surface area contributed by atoms with Crippen molar-refractivity contribution < 1.29 is 9.47 Å². The molecule has 0 saturated heterocycles. The fourth-order valence-electron chi connectivity index (χ4n) is 1.45. The molecule has 0 aliphatic rings. The maximum absolute atomic E-state index is 5.69. The summed E-state index contributed by atoms with van der Waals surface area (Å²) >= 11 is 1.16. The molecular weight excluding hydrogens is 319 g/mol. The molecule has 3 heteroatoms. The molecule has 0 aliphatic carbocycles. The van der Waals surface area contributed by atoms with Crippen molar-refractivity contribution in [1.82, 2.24) is 0 Å². The van der Waals surface area contributed by atoms with E-state index in [1.54, 1.807) is 7.11 Å². The Morgan fingerprint density at radius 2 is 1.47 bits per heavy atom. The number of hydrogen-bond donors (Lipinski definition) is 0. The molecule has 0 unspecified atom stereocenters. The number of rotatable bonds is 4. The van der Waals surface area contributed by atoms with Crippen molar-refractivity contribution in [1.29, 1.82) is 0 Å². The van der Waals surface area contributed by atoms with E-state index in [-0.39, 0.29) is 0 Å². The van der Waals surface area contributed by atoms with Crippen LogP contribution < -0.4 is 13.1 Å². The molecule has 2 nitrogen and oxygen atoms in total. The van der Waals surface area contributed by atoms with Crippen LogP contribution in [0.25, 0.3) is 0 Å². The molecule has 86 valence electrons. The Labute approximate surface area is 115 Å². The molecule has 17 heavy (non-hydrogen) atoms. The molecule has 0 aliphatic heterocycles. The van der Waals surface area contributed by atoms with Gasteiger partial charge in [0.05, 0.1) is 0 Å². The van der Waals surface area contributed by atoms with Gasteiger partial charge in [-0.15, -0.1) is 0 Å². The molecule has 0 bridgehead atoms. The van der Waals surface area contributed by atoms with Crippen LogP contribution in [0.3, 0.4) is 0 Å². The van der Waals surface area contributed by atoms with Gasteiger partial charge in [0.2, 0.25) is 0 Å². The van der Waals surface area contributed by atoms with Crippen molar-refractivity contribution in [2.75, 3.05) is 7.11 Å². The Balaban J connectivity index is 1.95. The van der Waals surface area contributed by atoms with Crippen LogP contribution in [0.5, 0.6) is 11.5 Å². The second kappa shape index (κ2) is 5.96. The Morgan fingerprint density at radius 3 is 2.06 bits per heavy atom. The van der Waals surface area contributed by atoms with Gasteiger partial charge < -0.3 is 0 Å². The third-order valence-electron chi connectivity index (χ3n) is 2.44. The van der Waals surface area contributed by atoms with Crippen LogP contribution in [-0.4, -0.2) is 29.6 Å². The first-order valence-electron chi connectivity index (χ1n) is 5.39. The van der Waals surface area contributed by atoms with Crippen LogP contribution in [0.15, 0.2) is 48.5 Å². The summed E-state index contributed by atoms with van der Waals surface area (Å²) in [6, 6.07) is 16.2. The first-order valence-corrected chi connectivity index (χ1v) is 7.04. The molecule has 2 aromatic rings. The van der Waals surface area contributed by atoms with Gasteiger partial charge in [-0.25, -0.2) is 0 Å². The van der Waals surface area contributed by atoms with E-state index in [2.05, 4.69) is 24.3 Å². The second-order valence-corrected chi connectivity index (χ2v) is 5.61. The number of ether oxygens (including phenoxy) is 2. The summed E-state index contributed by atoms with van der Waals surface area (Å²) in [6.45, 7) is 0.604.